The van der Waals surface area contributed by atoms with Crippen LogP contribution in [0.3, 0.4) is 0 Å². The number of likely N-dealkylation sites (tertiary alicyclic amines) is 1. The first-order chi connectivity index (χ1) is 11.2. The average Bonchev–Trinajstić information content (AvgIpc) is 2.99. The Morgan fingerprint density at radius 1 is 1.29 bits per heavy atom. The molecule has 1 aromatic heterocycles. The maximum Gasteiger partial charge on any atom is 0.226 e. The van der Waals surface area contributed by atoms with Crippen LogP contribution in [0.25, 0.3) is 10.9 Å². The van der Waals surface area contributed by atoms with Crippen LogP contribution in [0.4, 0.5) is 0 Å². The number of amides is 1. The molecular formula is C19H28ClN3O. The lowest BCUT2D eigenvalue weighted by atomic mass is 9.96. The van der Waals surface area contributed by atoms with Crippen molar-refractivity contribution in [3.8, 4) is 0 Å². The number of benzene rings is 1. The van der Waals surface area contributed by atoms with Gasteiger partial charge in [-0.05, 0) is 44.9 Å². The Morgan fingerprint density at radius 2 is 2.04 bits per heavy atom. The van der Waals surface area contributed by atoms with Gasteiger partial charge in [0.2, 0.25) is 5.91 Å². The number of hydrogen-bond acceptors (Lipinski definition) is 2. The molecule has 24 heavy (non-hydrogen) atoms. The highest BCUT2D eigenvalue weighted by molar-refractivity contribution is 5.85. The molecule has 1 aliphatic rings. The van der Waals surface area contributed by atoms with Crippen molar-refractivity contribution in [3.05, 3.63) is 36.0 Å². The van der Waals surface area contributed by atoms with Gasteiger partial charge in [-0.2, -0.15) is 0 Å². The van der Waals surface area contributed by atoms with E-state index in [4.69, 9.17) is 0 Å². The molecule has 2 heterocycles. The summed E-state index contributed by atoms with van der Waals surface area (Å²) in [7, 11) is 0. The molecule has 0 saturated carbocycles. The number of hydrogen-bond donors (Lipinski definition) is 1. The van der Waals surface area contributed by atoms with E-state index in [1.54, 1.807) is 0 Å². The lowest BCUT2D eigenvalue weighted by Gasteiger charge is -2.34. The standard InChI is InChI=1S/C19H27N3O.ClH/c1-3-22(4-2)19(23)15-8-7-11-21(13-15)14-16-12-20-18-10-6-5-9-17(16)18;/h5-6,9-10,12,15,20H,3-4,7-8,11,13-14H2,1-2H3;1H. The lowest BCUT2D eigenvalue weighted by Crippen LogP contribution is -2.44. The highest BCUT2D eigenvalue weighted by Gasteiger charge is 2.28. The summed E-state index contributed by atoms with van der Waals surface area (Å²) in [6.45, 7) is 8.65. The molecule has 0 spiro atoms. The third-order valence-electron chi connectivity index (χ3n) is 5.00. The molecule has 1 unspecified atom stereocenters. The third-order valence-corrected chi connectivity index (χ3v) is 5.00. The van der Waals surface area contributed by atoms with Gasteiger partial charge in [0.05, 0.1) is 5.92 Å². The van der Waals surface area contributed by atoms with Gasteiger partial charge in [-0.1, -0.05) is 18.2 Å². The van der Waals surface area contributed by atoms with Crippen LogP contribution in [-0.2, 0) is 11.3 Å². The van der Waals surface area contributed by atoms with E-state index in [-0.39, 0.29) is 18.3 Å². The number of fused-ring (bicyclic) bond motifs is 1. The summed E-state index contributed by atoms with van der Waals surface area (Å²) >= 11 is 0. The van der Waals surface area contributed by atoms with Crippen LogP contribution in [0.2, 0.25) is 0 Å². The first-order valence-electron chi connectivity index (χ1n) is 8.79. The SMILES string of the molecule is CCN(CC)C(=O)C1CCCN(Cc2c[nH]c3ccccc23)C1.Cl. The van der Waals surface area contributed by atoms with Crippen molar-refractivity contribution in [1.29, 1.82) is 0 Å². The van der Waals surface area contributed by atoms with E-state index in [9.17, 15) is 4.79 Å². The van der Waals surface area contributed by atoms with Crippen molar-refractivity contribution >= 4 is 29.2 Å². The molecule has 1 fully saturated rings. The van der Waals surface area contributed by atoms with Gasteiger partial charge in [0.15, 0.2) is 0 Å². The van der Waals surface area contributed by atoms with Gasteiger partial charge in [-0.15, -0.1) is 12.4 Å². The molecule has 0 radical (unpaired) electrons. The van der Waals surface area contributed by atoms with Crippen LogP contribution in [0.15, 0.2) is 30.5 Å². The van der Waals surface area contributed by atoms with E-state index in [0.29, 0.717) is 5.91 Å². The van der Waals surface area contributed by atoms with Crippen LogP contribution in [0.1, 0.15) is 32.3 Å². The Balaban J connectivity index is 0.00000208. The number of rotatable bonds is 5. The van der Waals surface area contributed by atoms with Gasteiger partial charge in [0, 0.05) is 43.3 Å². The van der Waals surface area contributed by atoms with E-state index in [1.807, 2.05) is 4.90 Å². The summed E-state index contributed by atoms with van der Waals surface area (Å²) in [5, 5.41) is 1.30. The predicted octanol–water partition coefficient (Wildman–Crippen LogP) is 3.67. The van der Waals surface area contributed by atoms with E-state index < -0.39 is 0 Å². The van der Waals surface area contributed by atoms with Gasteiger partial charge in [0.25, 0.3) is 0 Å². The maximum absolute atomic E-state index is 12.6. The third kappa shape index (κ3) is 3.93. The summed E-state index contributed by atoms with van der Waals surface area (Å²) in [5.74, 6) is 0.493. The second kappa shape index (κ2) is 8.54. The molecule has 1 aromatic carbocycles. The first-order valence-corrected chi connectivity index (χ1v) is 8.79. The van der Waals surface area contributed by atoms with E-state index >= 15 is 0 Å². The van der Waals surface area contributed by atoms with Gasteiger partial charge in [-0.25, -0.2) is 0 Å². The molecule has 4 nitrogen and oxygen atoms in total. The topological polar surface area (TPSA) is 39.3 Å². The van der Waals surface area contributed by atoms with Crippen LogP contribution >= 0.6 is 12.4 Å². The summed E-state index contributed by atoms with van der Waals surface area (Å²) in [6.07, 6.45) is 4.25. The normalized spacial score (nSPS) is 18.3. The zero-order chi connectivity index (χ0) is 16.2. The highest BCUT2D eigenvalue weighted by atomic mass is 35.5. The predicted molar refractivity (Wildman–Crippen MR) is 101 cm³/mol. The second-order valence-electron chi connectivity index (χ2n) is 6.44. The highest BCUT2D eigenvalue weighted by Crippen LogP contribution is 2.24. The molecule has 1 saturated heterocycles. The van der Waals surface area contributed by atoms with E-state index in [0.717, 1.165) is 45.6 Å². The molecule has 3 rings (SSSR count). The number of para-hydroxylation sites is 1. The van der Waals surface area contributed by atoms with Gasteiger partial charge < -0.3 is 9.88 Å². The van der Waals surface area contributed by atoms with Gasteiger partial charge in [-0.3, -0.25) is 9.69 Å². The Kier molecular flexibility index (Phi) is 6.69. The molecular weight excluding hydrogens is 322 g/mol. The molecule has 1 aliphatic heterocycles. The van der Waals surface area contributed by atoms with Crippen molar-refractivity contribution in [3.63, 3.8) is 0 Å². The van der Waals surface area contributed by atoms with Crippen molar-refractivity contribution in [2.45, 2.75) is 33.2 Å². The largest absolute Gasteiger partial charge is 0.361 e. The fourth-order valence-electron chi connectivity index (χ4n) is 3.70. The lowest BCUT2D eigenvalue weighted by molar-refractivity contribution is -0.137. The van der Waals surface area contributed by atoms with Crippen LogP contribution < -0.4 is 0 Å². The summed E-state index contributed by atoms with van der Waals surface area (Å²) < 4.78 is 0. The number of aromatic amines is 1. The molecule has 1 amide bonds. The fraction of sp³-hybridized carbons (Fsp3) is 0.526. The number of H-pyrrole nitrogens is 1. The zero-order valence-corrected chi connectivity index (χ0v) is 15.4. The average molecular weight is 350 g/mol. The van der Waals surface area contributed by atoms with E-state index in [1.165, 1.54) is 16.5 Å². The second-order valence-corrected chi connectivity index (χ2v) is 6.44. The number of piperidine rings is 1. The Labute approximate surface area is 150 Å². The maximum atomic E-state index is 12.6. The molecule has 2 aromatic rings. The number of nitrogens with one attached hydrogen (secondary N) is 1. The molecule has 0 aliphatic carbocycles. The summed E-state index contributed by atoms with van der Waals surface area (Å²) in [4.78, 5) is 20.4. The Morgan fingerprint density at radius 3 is 2.79 bits per heavy atom. The number of carbonyl (C=O) groups is 1. The monoisotopic (exact) mass is 349 g/mol. The van der Waals surface area contributed by atoms with Gasteiger partial charge in [0.1, 0.15) is 0 Å². The summed E-state index contributed by atoms with van der Waals surface area (Å²) in [5.41, 5.74) is 2.52. The molecule has 1 atom stereocenters. The van der Waals surface area contributed by atoms with Crippen molar-refractivity contribution in [2.24, 2.45) is 5.92 Å². The van der Waals surface area contributed by atoms with Crippen LogP contribution in [0, 0.1) is 5.92 Å². The van der Waals surface area contributed by atoms with Crippen LogP contribution in [-0.4, -0.2) is 46.9 Å². The Hall–Kier alpha value is -1.52. The number of carbonyl (C=O) groups excluding carboxylic acids is 1. The fourth-order valence-corrected chi connectivity index (χ4v) is 3.70. The molecule has 5 heteroatoms. The molecule has 132 valence electrons. The first kappa shape index (κ1) is 18.8. The minimum absolute atomic E-state index is 0. The smallest absolute Gasteiger partial charge is 0.226 e. The number of halogens is 1. The summed E-state index contributed by atoms with van der Waals surface area (Å²) in [6, 6.07) is 8.43. The molecule has 0 bridgehead atoms. The molecule has 1 N–H and O–H groups in total. The minimum Gasteiger partial charge on any atom is -0.361 e. The number of aromatic nitrogens is 1. The quantitative estimate of drug-likeness (QED) is 0.894. The van der Waals surface area contributed by atoms with Crippen LogP contribution in [0.5, 0.6) is 0 Å². The van der Waals surface area contributed by atoms with Gasteiger partial charge >= 0.3 is 0 Å². The Bertz CT molecular complexity index is 665. The zero-order valence-electron chi connectivity index (χ0n) is 14.6. The van der Waals surface area contributed by atoms with Crippen molar-refractivity contribution in [2.75, 3.05) is 26.2 Å². The number of nitrogens with zero attached hydrogens (tertiary/aromatic N) is 2. The minimum atomic E-state index is 0. The van der Waals surface area contributed by atoms with E-state index in [2.05, 4.69) is 54.2 Å². The van der Waals surface area contributed by atoms with Crippen molar-refractivity contribution < 1.29 is 4.79 Å². The van der Waals surface area contributed by atoms with Crippen molar-refractivity contribution in [1.82, 2.24) is 14.8 Å².